The average molecular weight is 273 g/mol. The van der Waals surface area contributed by atoms with Gasteiger partial charge in [0.1, 0.15) is 0 Å². The van der Waals surface area contributed by atoms with E-state index in [1.165, 1.54) is 4.31 Å². The first-order chi connectivity index (χ1) is 8.39. The van der Waals surface area contributed by atoms with Crippen LogP contribution >= 0.6 is 0 Å². The summed E-state index contributed by atoms with van der Waals surface area (Å²) < 4.78 is 38.6. The van der Waals surface area contributed by atoms with E-state index in [2.05, 4.69) is 9.97 Å². The van der Waals surface area contributed by atoms with Crippen molar-refractivity contribution in [2.75, 3.05) is 13.1 Å². The molecule has 2 unspecified atom stereocenters. The minimum atomic E-state index is -3.70. The second-order valence-electron chi connectivity index (χ2n) is 4.95. The summed E-state index contributed by atoms with van der Waals surface area (Å²) in [6, 6.07) is 0. The van der Waals surface area contributed by atoms with Crippen molar-refractivity contribution in [1.82, 2.24) is 14.3 Å². The molecule has 7 heteroatoms. The molecule has 0 bridgehead atoms. The van der Waals surface area contributed by atoms with Crippen molar-refractivity contribution in [2.45, 2.75) is 25.4 Å². The Morgan fingerprint density at radius 3 is 2.22 bits per heavy atom. The third kappa shape index (κ3) is 2.67. The summed E-state index contributed by atoms with van der Waals surface area (Å²) in [4.78, 5) is 7.12. The summed E-state index contributed by atoms with van der Waals surface area (Å²) in [5, 5.41) is -0.329. The van der Waals surface area contributed by atoms with Crippen LogP contribution in [0.1, 0.15) is 20.3 Å². The molecule has 0 aromatic carbocycles. The molecule has 1 saturated heterocycles. The number of rotatable bonds is 2. The Hall–Kier alpha value is -1.08. The Morgan fingerprint density at radius 2 is 1.72 bits per heavy atom. The van der Waals surface area contributed by atoms with E-state index in [-0.39, 0.29) is 5.16 Å². The van der Waals surface area contributed by atoms with Crippen molar-refractivity contribution >= 4 is 10.0 Å². The zero-order valence-electron chi connectivity index (χ0n) is 10.4. The molecule has 1 aromatic heterocycles. The number of nitrogens with zero attached hydrogens (tertiary/aromatic N) is 3. The van der Waals surface area contributed by atoms with Crippen LogP contribution in [0.3, 0.4) is 0 Å². The van der Waals surface area contributed by atoms with E-state index in [0.717, 1.165) is 18.8 Å². The van der Waals surface area contributed by atoms with Crippen LogP contribution < -0.4 is 0 Å². The lowest BCUT2D eigenvalue weighted by molar-refractivity contribution is 0.221. The number of piperidine rings is 1. The van der Waals surface area contributed by atoms with E-state index >= 15 is 0 Å². The molecular weight excluding hydrogens is 257 g/mol. The molecule has 1 aliphatic heterocycles. The van der Waals surface area contributed by atoms with Gasteiger partial charge in [-0.2, -0.15) is 4.31 Å². The molecule has 1 aromatic rings. The Bertz CT molecular complexity index is 508. The Morgan fingerprint density at radius 1 is 1.22 bits per heavy atom. The minimum absolute atomic E-state index is 0.309. The van der Waals surface area contributed by atoms with Gasteiger partial charge in [0.25, 0.3) is 15.2 Å². The molecule has 2 rings (SSSR count). The van der Waals surface area contributed by atoms with Gasteiger partial charge in [0, 0.05) is 13.1 Å². The van der Waals surface area contributed by atoms with Crippen molar-refractivity contribution < 1.29 is 12.8 Å². The van der Waals surface area contributed by atoms with Gasteiger partial charge in [-0.25, -0.2) is 22.8 Å². The predicted octanol–water partition coefficient (Wildman–Crippen LogP) is 1.28. The lowest BCUT2D eigenvalue weighted by atomic mass is 9.94. The minimum Gasteiger partial charge on any atom is -0.223 e. The summed E-state index contributed by atoms with van der Waals surface area (Å²) in [6.45, 7) is 4.97. The summed E-state index contributed by atoms with van der Waals surface area (Å²) in [5.74, 6) is -0.0257. The molecule has 0 spiro atoms. The van der Waals surface area contributed by atoms with Crippen molar-refractivity contribution in [1.29, 1.82) is 0 Å². The highest BCUT2D eigenvalue weighted by Crippen LogP contribution is 2.25. The SMILES string of the molecule is CC1CC(C)CN(S(=O)(=O)c2ncc(F)cn2)C1. The first-order valence-corrected chi connectivity index (χ1v) is 7.31. The van der Waals surface area contributed by atoms with Crippen LogP contribution in [0.5, 0.6) is 0 Å². The molecule has 100 valence electrons. The third-order valence-corrected chi connectivity index (χ3v) is 4.65. The first-order valence-electron chi connectivity index (χ1n) is 5.87. The topological polar surface area (TPSA) is 63.2 Å². The van der Waals surface area contributed by atoms with Gasteiger partial charge in [-0.15, -0.1) is 0 Å². The Balaban J connectivity index is 2.28. The number of sulfonamides is 1. The van der Waals surface area contributed by atoms with Crippen LogP contribution in [0.25, 0.3) is 0 Å². The van der Waals surface area contributed by atoms with Crippen molar-refractivity contribution in [3.8, 4) is 0 Å². The Labute approximate surface area is 106 Å². The summed E-state index contributed by atoms with van der Waals surface area (Å²) >= 11 is 0. The second kappa shape index (κ2) is 4.89. The quantitative estimate of drug-likeness (QED) is 0.762. The molecule has 1 aliphatic rings. The predicted molar refractivity (Wildman–Crippen MR) is 63.7 cm³/mol. The monoisotopic (exact) mass is 273 g/mol. The van der Waals surface area contributed by atoms with Gasteiger partial charge in [0.2, 0.25) is 0 Å². The number of hydrogen-bond acceptors (Lipinski definition) is 4. The summed E-state index contributed by atoms with van der Waals surface area (Å²) in [6.07, 6.45) is 2.75. The lowest BCUT2D eigenvalue weighted by Crippen LogP contribution is -2.43. The summed E-state index contributed by atoms with van der Waals surface area (Å²) in [5.41, 5.74) is 0. The Kier molecular flexibility index (Phi) is 3.63. The molecule has 0 N–H and O–H groups in total. The van der Waals surface area contributed by atoms with Crippen LogP contribution in [0.4, 0.5) is 4.39 Å². The van der Waals surface area contributed by atoms with Gasteiger partial charge < -0.3 is 0 Å². The normalized spacial score (nSPS) is 26.2. The smallest absolute Gasteiger partial charge is 0.223 e. The van der Waals surface area contributed by atoms with Gasteiger partial charge in [0.05, 0.1) is 12.4 Å². The second-order valence-corrected chi connectivity index (χ2v) is 6.78. The van der Waals surface area contributed by atoms with E-state index in [0.29, 0.717) is 24.9 Å². The largest absolute Gasteiger partial charge is 0.278 e. The lowest BCUT2D eigenvalue weighted by Gasteiger charge is -2.33. The standard InChI is InChI=1S/C11H16FN3O2S/c1-8-3-9(2)7-15(6-8)18(16,17)11-13-4-10(12)5-14-11/h4-5,8-9H,3,6-7H2,1-2H3. The maximum absolute atomic E-state index is 12.7. The molecule has 0 aliphatic carbocycles. The van der Waals surface area contributed by atoms with Gasteiger partial charge in [0.15, 0.2) is 5.82 Å². The van der Waals surface area contributed by atoms with Gasteiger partial charge >= 0.3 is 0 Å². The van der Waals surface area contributed by atoms with E-state index in [1.807, 2.05) is 13.8 Å². The number of halogens is 1. The van der Waals surface area contributed by atoms with Crippen LogP contribution in [0.2, 0.25) is 0 Å². The molecule has 0 radical (unpaired) electrons. The zero-order valence-corrected chi connectivity index (χ0v) is 11.2. The van der Waals surface area contributed by atoms with Crippen LogP contribution in [-0.4, -0.2) is 35.8 Å². The zero-order chi connectivity index (χ0) is 13.3. The van der Waals surface area contributed by atoms with E-state index in [1.54, 1.807) is 0 Å². The van der Waals surface area contributed by atoms with Crippen LogP contribution in [0.15, 0.2) is 17.6 Å². The molecule has 0 amide bonds. The fourth-order valence-electron chi connectivity index (χ4n) is 2.35. The maximum atomic E-state index is 12.7. The fraction of sp³-hybridized carbons (Fsp3) is 0.636. The highest BCUT2D eigenvalue weighted by atomic mass is 32.2. The molecule has 0 saturated carbocycles. The fourth-order valence-corrected chi connectivity index (χ4v) is 3.86. The van der Waals surface area contributed by atoms with Crippen molar-refractivity contribution in [3.63, 3.8) is 0 Å². The van der Waals surface area contributed by atoms with Gasteiger partial charge in [-0.1, -0.05) is 13.8 Å². The van der Waals surface area contributed by atoms with E-state index in [9.17, 15) is 12.8 Å². The van der Waals surface area contributed by atoms with Gasteiger partial charge in [-0.05, 0) is 18.3 Å². The number of aromatic nitrogens is 2. The molecule has 1 fully saturated rings. The maximum Gasteiger partial charge on any atom is 0.278 e. The highest BCUT2D eigenvalue weighted by molar-refractivity contribution is 7.88. The number of hydrogen-bond donors (Lipinski definition) is 0. The van der Waals surface area contributed by atoms with E-state index < -0.39 is 15.8 Å². The third-order valence-electron chi connectivity index (χ3n) is 3.00. The highest BCUT2D eigenvalue weighted by Gasteiger charge is 2.33. The van der Waals surface area contributed by atoms with Crippen LogP contribution in [0, 0.1) is 17.7 Å². The van der Waals surface area contributed by atoms with Crippen molar-refractivity contribution in [3.05, 3.63) is 18.2 Å². The molecular formula is C11H16FN3O2S. The van der Waals surface area contributed by atoms with Crippen molar-refractivity contribution in [2.24, 2.45) is 11.8 Å². The molecule has 2 heterocycles. The average Bonchev–Trinajstić information content (AvgIpc) is 2.28. The summed E-state index contributed by atoms with van der Waals surface area (Å²) in [7, 11) is -3.70. The molecule has 18 heavy (non-hydrogen) atoms. The molecule has 2 atom stereocenters. The van der Waals surface area contributed by atoms with Gasteiger partial charge in [-0.3, -0.25) is 0 Å². The van der Waals surface area contributed by atoms with Crippen LogP contribution in [-0.2, 0) is 10.0 Å². The van der Waals surface area contributed by atoms with E-state index in [4.69, 9.17) is 0 Å². The first kappa shape index (κ1) is 13.4. The molecule has 5 nitrogen and oxygen atoms in total.